The number of imidazole rings is 1. The van der Waals surface area contributed by atoms with Gasteiger partial charge in [0.25, 0.3) is 0 Å². The summed E-state index contributed by atoms with van der Waals surface area (Å²) < 4.78 is 8.75. The highest BCUT2D eigenvalue weighted by Gasteiger charge is 2.22. The Balaban J connectivity index is 0.00000320. The molecule has 1 N–H and O–H groups in total. The quantitative estimate of drug-likeness (QED) is 0.216. The summed E-state index contributed by atoms with van der Waals surface area (Å²) in [6.45, 7) is 3.01. The van der Waals surface area contributed by atoms with Crippen molar-refractivity contribution in [2.24, 2.45) is 0 Å². The molecule has 0 aliphatic carbocycles. The zero-order chi connectivity index (χ0) is 25.1. The molecule has 0 radical (unpaired) electrons. The van der Waals surface area contributed by atoms with Crippen LogP contribution in [0, 0.1) is 0 Å². The molecule has 5 aromatic rings. The van der Waals surface area contributed by atoms with Gasteiger partial charge in [0, 0.05) is 28.0 Å². The largest absolute Gasteiger partial charge is 0.508 e. The third kappa shape index (κ3) is 5.90. The van der Waals surface area contributed by atoms with Crippen LogP contribution in [-0.4, -0.2) is 19.6 Å². The van der Waals surface area contributed by atoms with Crippen LogP contribution in [0.3, 0.4) is 0 Å². The number of pyridine rings is 1. The number of hydrogen-bond donors (Lipinski definition) is 1. The molecule has 5 nitrogen and oxygen atoms in total. The Morgan fingerprint density at radius 1 is 0.973 bits per heavy atom. The van der Waals surface area contributed by atoms with E-state index in [0.29, 0.717) is 21.4 Å². The molecular formula is C30H29Cl2N3O2. The fraction of sp³-hybridized carbons (Fsp3) is 0.200. The average Bonchev–Trinajstić information content (AvgIpc) is 3.34. The first-order valence-corrected chi connectivity index (χ1v) is 12.6. The zero-order valence-corrected chi connectivity index (χ0v) is 21.2. The van der Waals surface area contributed by atoms with Gasteiger partial charge in [0.15, 0.2) is 6.10 Å². The van der Waals surface area contributed by atoms with E-state index in [1.54, 1.807) is 18.2 Å². The summed E-state index contributed by atoms with van der Waals surface area (Å²) in [5, 5.41) is 12.2. The highest BCUT2D eigenvalue weighted by molar-refractivity contribution is 6.31. The molecule has 0 fully saturated rings. The highest BCUT2D eigenvalue weighted by atomic mass is 35.5. The minimum atomic E-state index is -0.448. The van der Waals surface area contributed by atoms with Gasteiger partial charge < -0.3 is 14.4 Å². The Bertz CT molecular complexity index is 1500. The van der Waals surface area contributed by atoms with E-state index in [2.05, 4.69) is 16.5 Å². The Labute approximate surface area is 227 Å². The molecule has 0 bridgehead atoms. The second-order valence-corrected chi connectivity index (χ2v) is 9.51. The van der Waals surface area contributed by atoms with Gasteiger partial charge in [-0.1, -0.05) is 68.2 Å². The van der Waals surface area contributed by atoms with E-state index in [1.807, 2.05) is 67.1 Å². The summed E-state index contributed by atoms with van der Waals surface area (Å²) in [6.07, 6.45) is 5.34. The minimum Gasteiger partial charge on any atom is -0.508 e. The molecule has 0 aliphatic heterocycles. The first-order valence-electron chi connectivity index (χ1n) is 11.8. The van der Waals surface area contributed by atoms with Crippen molar-refractivity contribution in [3.63, 3.8) is 0 Å². The molecular weight excluding hydrogens is 505 g/mol. The number of fused-ring (bicyclic) bond motifs is 1. The van der Waals surface area contributed by atoms with Gasteiger partial charge in [-0.25, -0.2) is 9.97 Å². The Hall–Kier alpha value is -3.54. The van der Waals surface area contributed by atoms with Crippen LogP contribution in [0.1, 0.15) is 44.6 Å². The maximum Gasteiger partial charge on any atom is 0.215 e. The smallest absolute Gasteiger partial charge is 0.215 e. The molecule has 0 aliphatic rings. The minimum absolute atomic E-state index is 0. The summed E-state index contributed by atoms with van der Waals surface area (Å²) in [5.74, 6) is 0.617. The molecule has 0 spiro atoms. The number of nitrogens with zero attached hydrogens (tertiary/aromatic N) is 3. The fourth-order valence-electron chi connectivity index (χ4n) is 4.27. The molecule has 1 unspecified atom stereocenters. The van der Waals surface area contributed by atoms with E-state index in [4.69, 9.17) is 32.9 Å². The van der Waals surface area contributed by atoms with Crippen LogP contribution in [0.25, 0.3) is 22.0 Å². The number of phenolic OH excluding ortho intramolecular Hbond substituents is 1. The number of aromatic hydroxyl groups is 1. The lowest BCUT2D eigenvalue weighted by Crippen LogP contribution is -2.15. The maximum atomic E-state index is 10.2. The Kier molecular flexibility index (Phi) is 8.37. The zero-order valence-electron chi connectivity index (χ0n) is 19.7. The Morgan fingerprint density at radius 3 is 2.54 bits per heavy atom. The summed E-state index contributed by atoms with van der Waals surface area (Å²) in [4.78, 5) is 9.20. The number of rotatable bonds is 8. The van der Waals surface area contributed by atoms with Crippen molar-refractivity contribution in [1.29, 1.82) is 0 Å². The number of hydrogen-bond acceptors (Lipinski definition) is 4. The van der Waals surface area contributed by atoms with E-state index in [-0.39, 0.29) is 13.2 Å². The molecule has 2 aromatic heterocycles. The summed E-state index contributed by atoms with van der Waals surface area (Å²) >= 11 is 12.5. The van der Waals surface area contributed by atoms with Crippen molar-refractivity contribution < 1.29 is 9.84 Å². The molecule has 37 heavy (non-hydrogen) atoms. The van der Waals surface area contributed by atoms with Gasteiger partial charge in [0.05, 0.1) is 23.7 Å². The van der Waals surface area contributed by atoms with Crippen LogP contribution in [0.5, 0.6) is 11.6 Å². The number of halogens is 2. The van der Waals surface area contributed by atoms with Crippen LogP contribution in [0.4, 0.5) is 0 Å². The van der Waals surface area contributed by atoms with Crippen molar-refractivity contribution in [3.8, 4) is 22.8 Å². The van der Waals surface area contributed by atoms with Crippen molar-refractivity contribution in [3.05, 3.63) is 107 Å². The number of ether oxygens (including phenoxy) is 1. The van der Waals surface area contributed by atoms with Gasteiger partial charge in [0.2, 0.25) is 5.88 Å². The molecule has 7 heteroatoms. The molecule has 3 aromatic carbocycles. The van der Waals surface area contributed by atoms with E-state index >= 15 is 0 Å². The van der Waals surface area contributed by atoms with E-state index in [0.717, 1.165) is 47.2 Å². The number of benzene rings is 3. The third-order valence-corrected chi connectivity index (χ3v) is 6.57. The number of unbranched alkanes of at least 4 members (excludes halogenated alkanes) is 1. The lowest BCUT2D eigenvalue weighted by Gasteiger charge is -2.22. The van der Waals surface area contributed by atoms with Gasteiger partial charge in [-0.15, -0.1) is 0 Å². The first kappa shape index (κ1) is 26.5. The van der Waals surface area contributed by atoms with E-state index in [1.165, 1.54) is 0 Å². The third-order valence-electron chi connectivity index (χ3n) is 6.08. The number of aromatic nitrogens is 3. The lowest BCUT2D eigenvalue weighted by molar-refractivity contribution is 0.227. The molecule has 2 heterocycles. The summed E-state index contributed by atoms with van der Waals surface area (Å²) in [7, 11) is 0. The van der Waals surface area contributed by atoms with Gasteiger partial charge in [0.1, 0.15) is 5.75 Å². The molecule has 190 valence electrons. The second-order valence-electron chi connectivity index (χ2n) is 8.63. The monoisotopic (exact) mass is 533 g/mol. The number of aryl methyl sites for hydroxylation is 1. The van der Waals surface area contributed by atoms with Crippen molar-refractivity contribution >= 4 is 34.1 Å². The molecule has 0 saturated carbocycles. The lowest BCUT2D eigenvalue weighted by atomic mass is 10.0. The predicted molar refractivity (Wildman–Crippen MR) is 152 cm³/mol. The average molecular weight is 534 g/mol. The van der Waals surface area contributed by atoms with E-state index < -0.39 is 6.10 Å². The van der Waals surface area contributed by atoms with Crippen LogP contribution in [0.2, 0.25) is 10.0 Å². The summed E-state index contributed by atoms with van der Waals surface area (Å²) in [5.41, 5.74) is 4.34. The second kappa shape index (κ2) is 11.7. The van der Waals surface area contributed by atoms with Crippen molar-refractivity contribution in [2.45, 2.75) is 39.8 Å². The van der Waals surface area contributed by atoms with Gasteiger partial charge in [-0.05, 0) is 65.6 Å². The molecule has 0 saturated heterocycles. The van der Waals surface area contributed by atoms with Crippen LogP contribution in [-0.2, 0) is 6.54 Å². The maximum absolute atomic E-state index is 10.2. The first-order chi connectivity index (χ1) is 17.5. The van der Waals surface area contributed by atoms with Crippen LogP contribution >= 0.6 is 23.2 Å². The molecule has 1 atom stereocenters. The van der Waals surface area contributed by atoms with Crippen LogP contribution < -0.4 is 4.74 Å². The van der Waals surface area contributed by atoms with Gasteiger partial charge in [-0.2, -0.15) is 0 Å². The SMILES string of the molecule is C.CCCCn1cncc1C(Oc1cc(-c2cccc(Cl)c2)c2cc(O)ccc2n1)c1ccc(Cl)cc1. The highest BCUT2D eigenvalue weighted by Crippen LogP contribution is 2.36. The molecule has 5 rings (SSSR count). The normalized spacial score (nSPS) is 11.8. The van der Waals surface area contributed by atoms with Gasteiger partial charge >= 0.3 is 0 Å². The molecule has 0 amide bonds. The van der Waals surface area contributed by atoms with Crippen LogP contribution in [0.15, 0.2) is 85.3 Å². The number of phenols is 1. The van der Waals surface area contributed by atoms with E-state index in [9.17, 15) is 5.11 Å². The topological polar surface area (TPSA) is 60.2 Å². The Morgan fingerprint density at radius 2 is 1.78 bits per heavy atom. The predicted octanol–water partition coefficient (Wildman–Crippen LogP) is 8.72. The summed E-state index contributed by atoms with van der Waals surface area (Å²) in [6, 6.07) is 22.2. The standard InChI is InChI=1S/C29H25Cl2N3O2.CH4/c1-2-3-13-34-18-32-17-27(34)29(19-7-9-21(30)10-8-19)36-28-16-24(20-5-4-6-22(31)14-20)25-15-23(35)11-12-26(25)33-28;/h4-12,14-18,29,35H,2-3,13H2,1H3;1H4. The fourth-order valence-corrected chi connectivity index (χ4v) is 4.58. The van der Waals surface area contributed by atoms with Gasteiger partial charge in [-0.3, -0.25) is 0 Å². The van der Waals surface area contributed by atoms with Crippen molar-refractivity contribution in [1.82, 2.24) is 14.5 Å². The van der Waals surface area contributed by atoms with Crippen molar-refractivity contribution in [2.75, 3.05) is 0 Å².